The Balaban J connectivity index is 1.48. The van der Waals surface area contributed by atoms with Gasteiger partial charge in [-0.3, -0.25) is 9.58 Å². The van der Waals surface area contributed by atoms with E-state index in [-0.39, 0.29) is 6.04 Å². The SMILES string of the molecule is c1ccc(OC[C@@H]2CN(C3CCCC3)Cc3ccnn32)nc1. The molecule has 1 saturated carbocycles. The van der Waals surface area contributed by atoms with Crippen molar-refractivity contribution in [1.29, 1.82) is 0 Å². The van der Waals surface area contributed by atoms with E-state index in [1.54, 1.807) is 6.20 Å². The van der Waals surface area contributed by atoms with Gasteiger partial charge in [-0.25, -0.2) is 4.98 Å². The minimum absolute atomic E-state index is 0.265. The maximum absolute atomic E-state index is 5.88. The number of fused-ring (bicyclic) bond motifs is 1. The van der Waals surface area contributed by atoms with Gasteiger partial charge in [0.25, 0.3) is 0 Å². The molecule has 5 nitrogen and oxygen atoms in total. The molecular weight excluding hydrogens is 276 g/mol. The zero-order valence-corrected chi connectivity index (χ0v) is 12.8. The van der Waals surface area contributed by atoms with Crippen molar-refractivity contribution in [3.63, 3.8) is 0 Å². The largest absolute Gasteiger partial charge is 0.475 e. The van der Waals surface area contributed by atoms with Crippen molar-refractivity contribution in [2.24, 2.45) is 0 Å². The zero-order valence-electron chi connectivity index (χ0n) is 12.8. The molecule has 0 radical (unpaired) electrons. The molecule has 1 aliphatic heterocycles. The lowest BCUT2D eigenvalue weighted by atomic mass is 10.1. The Bertz CT molecular complexity index is 606. The molecule has 2 aromatic heterocycles. The van der Waals surface area contributed by atoms with Crippen molar-refractivity contribution in [2.45, 2.75) is 44.3 Å². The summed E-state index contributed by atoms with van der Waals surface area (Å²) in [6.07, 6.45) is 9.08. The lowest BCUT2D eigenvalue weighted by Gasteiger charge is -2.37. The van der Waals surface area contributed by atoms with E-state index in [9.17, 15) is 0 Å². The van der Waals surface area contributed by atoms with Crippen LogP contribution in [0.5, 0.6) is 5.88 Å². The molecule has 116 valence electrons. The van der Waals surface area contributed by atoms with Gasteiger partial charge in [-0.1, -0.05) is 18.9 Å². The second kappa shape index (κ2) is 6.08. The van der Waals surface area contributed by atoms with Gasteiger partial charge < -0.3 is 4.74 Å². The molecule has 0 N–H and O–H groups in total. The second-order valence-electron chi connectivity index (χ2n) is 6.27. The number of ether oxygens (including phenoxy) is 1. The number of hydrogen-bond donors (Lipinski definition) is 0. The normalized spacial score (nSPS) is 22.6. The Hall–Kier alpha value is -1.88. The molecule has 5 heteroatoms. The maximum Gasteiger partial charge on any atom is 0.213 e. The molecule has 1 atom stereocenters. The zero-order chi connectivity index (χ0) is 14.8. The van der Waals surface area contributed by atoms with Crippen LogP contribution in [-0.4, -0.2) is 38.9 Å². The molecule has 0 bridgehead atoms. The van der Waals surface area contributed by atoms with Gasteiger partial charge in [0.1, 0.15) is 6.61 Å². The molecule has 2 aliphatic rings. The van der Waals surface area contributed by atoms with E-state index in [4.69, 9.17) is 4.74 Å². The van der Waals surface area contributed by atoms with E-state index >= 15 is 0 Å². The number of aromatic nitrogens is 3. The Morgan fingerprint density at radius 1 is 1.14 bits per heavy atom. The monoisotopic (exact) mass is 298 g/mol. The Morgan fingerprint density at radius 3 is 2.86 bits per heavy atom. The van der Waals surface area contributed by atoms with Crippen LogP contribution in [0.3, 0.4) is 0 Å². The summed E-state index contributed by atoms with van der Waals surface area (Å²) in [4.78, 5) is 6.86. The van der Waals surface area contributed by atoms with Crippen LogP contribution in [0.2, 0.25) is 0 Å². The minimum atomic E-state index is 0.265. The van der Waals surface area contributed by atoms with Gasteiger partial charge in [-0.15, -0.1) is 0 Å². The highest BCUT2D eigenvalue weighted by atomic mass is 16.5. The molecule has 1 fully saturated rings. The van der Waals surface area contributed by atoms with E-state index in [1.165, 1.54) is 31.4 Å². The molecule has 0 spiro atoms. The highest BCUT2D eigenvalue weighted by molar-refractivity contribution is 5.10. The minimum Gasteiger partial charge on any atom is -0.475 e. The summed E-state index contributed by atoms with van der Waals surface area (Å²) < 4.78 is 8.02. The van der Waals surface area contributed by atoms with Crippen molar-refractivity contribution in [3.05, 3.63) is 42.4 Å². The molecule has 1 aliphatic carbocycles. The summed E-state index contributed by atoms with van der Waals surface area (Å²) in [5.74, 6) is 0.689. The van der Waals surface area contributed by atoms with Gasteiger partial charge in [0.15, 0.2) is 0 Å². The van der Waals surface area contributed by atoms with Crippen molar-refractivity contribution < 1.29 is 4.74 Å². The van der Waals surface area contributed by atoms with E-state index < -0.39 is 0 Å². The quantitative estimate of drug-likeness (QED) is 0.870. The lowest BCUT2D eigenvalue weighted by Crippen LogP contribution is -2.44. The molecular formula is C17H22N4O. The van der Waals surface area contributed by atoms with Crippen LogP contribution in [0.1, 0.15) is 37.4 Å². The lowest BCUT2D eigenvalue weighted by molar-refractivity contribution is 0.0963. The van der Waals surface area contributed by atoms with Crippen LogP contribution in [0, 0.1) is 0 Å². The number of hydrogen-bond acceptors (Lipinski definition) is 4. The summed E-state index contributed by atoms with van der Waals surface area (Å²) in [7, 11) is 0. The van der Waals surface area contributed by atoms with Crippen molar-refractivity contribution in [1.82, 2.24) is 19.7 Å². The smallest absolute Gasteiger partial charge is 0.213 e. The van der Waals surface area contributed by atoms with E-state index in [1.807, 2.05) is 24.4 Å². The highest BCUT2D eigenvalue weighted by Gasteiger charge is 2.31. The fraction of sp³-hybridized carbons (Fsp3) is 0.529. The maximum atomic E-state index is 5.88. The van der Waals surface area contributed by atoms with E-state index in [2.05, 4.69) is 25.7 Å². The summed E-state index contributed by atoms with van der Waals surface area (Å²) in [6, 6.07) is 8.90. The van der Waals surface area contributed by atoms with Gasteiger partial charge in [0, 0.05) is 37.6 Å². The van der Waals surface area contributed by atoms with Gasteiger partial charge in [0.05, 0.1) is 11.7 Å². The van der Waals surface area contributed by atoms with Gasteiger partial charge in [-0.2, -0.15) is 5.10 Å². The molecule has 0 aromatic carbocycles. The summed E-state index contributed by atoms with van der Waals surface area (Å²) >= 11 is 0. The Labute approximate surface area is 130 Å². The summed E-state index contributed by atoms with van der Waals surface area (Å²) in [5, 5.41) is 4.50. The third-order valence-corrected chi connectivity index (χ3v) is 4.81. The molecule has 0 saturated heterocycles. The Kier molecular flexibility index (Phi) is 3.81. The fourth-order valence-corrected chi connectivity index (χ4v) is 3.70. The number of rotatable bonds is 4. The topological polar surface area (TPSA) is 43.2 Å². The van der Waals surface area contributed by atoms with Crippen molar-refractivity contribution in [2.75, 3.05) is 13.2 Å². The van der Waals surface area contributed by atoms with Crippen molar-refractivity contribution >= 4 is 0 Å². The standard InChI is InChI=1S/C17H22N4O/c1-2-6-14(5-1)20-11-15-8-10-19-21(15)16(12-20)13-22-17-7-3-4-9-18-17/h3-4,7-10,14,16H,1-2,5-6,11-13H2/t16-/m0/s1. The average Bonchev–Trinajstić information content (AvgIpc) is 3.24. The van der Waals surface area contributed by atoms with E-state index in [0.29, 0.717) is 12.5 Å². The van der Waals surface area contributed by atoms with Gasteiger partial charge >= 0.3 is 0 Å². The predicted octanol–water partition coefficient (Wildman–Crippen LogP) is 2.66. The molecule has 22 heavy (non-hydrogen) atoms. The molecule has 3 heterocycles. The average molecular weight is 298 g/mol. The van der Waals surface area contributed by atoms with Crippen LogP contribution >= 0.6 is 0 Å². The van der Waals surface area contributed by atoms with E-state index in [0.717, 1.165) is 19.1 Å². The van der Waals surface area contributed by atoms with Crippen LogP contribution in [0.25, 0.3) is 0 Å². The first-order valence-corrected chi connectivity index (χ1v) is 8.20. The van der Waals surface area contributed by atoms with Crippen LogP contribution < -0.4 is 4.74 Å². The second-order valence-corrected chi connectivity index (χ2v) is 6.27. The van der Waals surface area contributed by atoms with Gasteiger partial charge in [0.2, 0.25) is 5.88 Å². The predicted molar refractivity (Wildman–Crippen MR) is 83.7 cm³/mol. The third kappa shape index (κ3) is 2.73. The van der Waals surface area contributed by atoms with Crippen LogP contribution in [0.4, 0.5) is 0 Å². The summed E-state index contributed by atoms with van der Waals surface area (Å²) in [5.41, 5.74) is 1.30. The molecule has 2 aromatic rings. The molecule has 4 rings (SSSR count). The molecule has 0 unspecified atom stereocenters. The first kappa shape index (κ1) is 13.8. The van der Waals surface area contributed by atoms with Crippen LogP contribution in [-0.2, 0) is 6.54 Å². The number of pyridine rings is 1. The van der Waals surface area contributed by atoms with Gasteiger partial charge in [-0.05, 0) is 25.0 Å². The van der Waals surface area contributed by atoms with Crippen LogP contribution in [0.15, 0.2) is 36.7 Å². The van der Waals surface area contributed by atoms with Crippen molar-refractivity contribution in [3.8, 4) is 5.88 Å². The Morgan fingerprint density at radius 2 is 2.05 bits per heavy atom. The number of nitrogens with zero attached hydrogens (tertiary/aromatic N) is 4. The summed E-state index contributed by atoms with van der Waals surface area (Å²) in [6.45, 7) is 2.66. The first-order chi connectivity index (χ1) is 10.9. The highest BCUT2D eigenvalue weighted by Crippen LogP contribution is 2.29. The third-order valence-electron chi connectivity index (χ3n) is 4.81. The molecule has 0 amide bonds. The first-order valence-electron chi connectivity index (χ1n) is 8.20. The fourth-order valence-electron chi connectivity index (χ4n) is 3.70.